The zero-order valence-corrected chi connectivity index (χ0v) is 7.18. The van der Waals surface area contributed by atoms with E-state index in [2.05, 4.69) is 0 Å². The number of nitrogens with zero attached hydrogens (tertiary/aromatic N) is 1. The van der Waals surface area contributed by atoms with Crippen molar-refractivity contribution in [1.29, 1.82) is 0 Å². The first-order valence-corrected chi connectivity index (χ1v) is 4.28. The third-order valence-corrected chi connectivity index (χ3v) is 2.27. The first kappa shape index (κ1) is 8.26. The molecule has 1 N–H and O–H groups in total. The SMILES string of the molecule is O=Cc1ccccc1N1CC(O)C1. The van der Waals surface area contributed by atoms with Crippen molar-refractivity contribution >= 4 is 12.0 Å². The fraction of sp³-hybridized carbons (Fsp3) is 0.300. The highest BCUT2D eigenvalue weighted by Gasteiger charge is 2.25. The second-order valence-corrected chi connectivity index (χ2v) is 3.24. The molecular formula is C10H11NO2. The lowest BCUT2D eigenvalue weighted by molar-refractivity contribution is 0.112. The van der Waals surface area contributed by atoms with Crippen LogP contribution in [0, 0.1) is 0 Å². The van der Waals surface area contributed by atoms with Gasteiger partial charge >= 0.3 is 0 Å². The molecule has 0 aliphatic carbocycles. The van der Waals surface area contributed by atoms with E-state index in [1.807, 2.05) is 23.1 Å². The topological polar surface area (TPSA) is 40.5 Å². The van der Waals surface area contributed by atoms with Crippen LogP contribution in [-0.2, 0) is 0 Å². The summed E-state index contributed by atoms with van der Waals surface area (Å²) in [5.74, 6) is 0. The number of hydrogen-bond donors (Lipinski definition) is 1. The van der Waals surface area contributed by atoms with Gasteiger partial charge in [0.2, 0.25) is 0 Å². The summed E-state index contributed by atoms with van der Waals surface area (Å²) in [5, 5.41) is 9.11. The standard InChI is InChI=1S/C10H11NO2/c12-7-8-3-1-2-4-10(8)11-5-9(13)6-11/h1-4,7,9,13H,5-6H2. The summed E-state index contributed by atoms with van der Waals surface area (Å²) in [5.41, 5.74) is 1.61. The van der Waals surface area contributed by atoms with Crippen LogP contribution in [0.5, 0.6) is 0 Å². The van der Waals surface area contributed by atoms with E-state index in [1.54, 1.807) is 6.07 Å². The molecule has 0 spiro atoms. The minimum absolute atomic E-state index is 0.236. The zero-order chi connectivity index (χ0) is 9.26. The predicted molar refractivity (Wildman–Crippen MR) is 50.0 cm³/mol. The fourth-order valence-electron chi connectivity index (χ4n) is 1.53. The van der Waals surface area contributed by atoms with Crippen molar-refractivity contribution in [2.45, 2.75) is 6.10 Å². The highest BCUT2D eigenvalue weighted by Crippen LogP contribution is 2.23. The number of rotatable bonds is 2. The molecule has 1 fully saturated rings. The van der Waals surface area contributed by atoms with E-state index in [0.29, 0.717) is 18.7 Å². The van der Waals surface area contributed by atoms with E-state index in [9.17, 15) is 4.79 Å². The summed E-state index contributed by atoms with van der Waals surface area (Å²) in [7, 11) is 0. The normalized spacial score (nSPS) is 16.8. The predicted octanol–water partition coefficient (Wildman–Crippen LogP) is 0.680. The molecule has 1 aliphatic heterocycles. The van der Waals surface area contributed by atoms with Gasteiger partial charge in [0.05, 0.1) is 6.10 Å². The molecule has 1 aromatic rings. The second kappa shape index (κ2) is 3.18. The summed E-state index contributed by atoms with van der Waals surface area (Å²) >= 11 is 0. The number of carbonyl (C=O) groups is 1. The fourth-order valence-corrected chi connectivity index (χ4v) is 1.53. The van der Waals surface area contributed by atoms with Gasteiger partial charge in [-0.1, -0.05) is 12.1 Å². The summed E-state index contributed by atoms with van der Waals surface area (Å²) in [4.78, 5) is 12.7. The number of carbonyl (C=O) groups excluding carboxylic acids is 1. The van der Waals surface area contributed by atoms with Gasteiger partial charge in [0.25, 0.3) is 0 Å². The second-order valence-electron chi connectivity index (χ2n) is 3.24. The minimum Gasteiger partial charge on any atom is -0.389 e. The lowest BCUT2D eigenvalue weighted by Crippen LogP contribution is -2.51. The number of para-hydroxylation sites is 1. The van der Waals surface area contributed by atoms with Crippen molar-refractivity contribution in [3.05, 3.63) is 29.8 Å². The van der Waals surface area contributed by atoms with Crippen molar-refractivity contribution in [2.24, 2.45) is 0 Å². The Morgan fingerprint density at radius 2 is 2.08 bits per heavy atom. The molecule has 68 valence electrons. The van der Waals surface area contributed by atoms with Crippen LogP contribution < -0.4 is 4.90 Å². The molecule has 0 aromatic heterocycles. The largest absolute Gasteiger partial charge is 0.389 e. The van der Waals surface area contributed by atoms with E-state index >= 15 is 0 Å². The number of aliphatic hydroxyl groups excluding tert-OH is 1. The van der Waals surface area contributed by atoms with Gasteiger partial charge in [-0.2, -0.15) is 0 Å². The van der Waals surface area contributed by atoms with E-state index in [-0.39, 0.29) is 6.10 Å². The molecule has 0 saturated carbocycles. The van der Waals surface area contributed by atoms with Gasteiger partial charge < -0.3 is 10.0 Å². The molecule has 3 heteroatoms. The molecule has 1 heterocycles. The van der Waals surface area contributed by atoms with Crippen molar-refractivity contribution in [1.82, 2.24) is 0 Å². The smallest absolute Gasteiger partial charge is 0.152 e. The van der Waals surface area contributed by atoms with Crippen LogP contribution in [0.4, 0.5) is 5.69 Å². The van der Waals surface area contributed by atoms with E-state index in [4.69, 9.17) is 5.11 Å². The quantitative estimate of drug-likeness (QED) is 0.675. The summed E-state index contributed by atoms with van der Waals surface area (Å²) < 4.78 is 0. The number of anilines is 1. The number of hydrogen-bond acceptors (Lipinski definition) is 3. The Morgan fingerprint density at radius 3 is 2.69 bits per heavy atom. The van der Waals surface area contributed by atoms with E-state index in [0.717, 1.165) is 12.0 Å². The molecule has 0 bridgehead atoms. The maximum absolute atomic E-state index is 10.7. The average Bonchev–Trinajstić information content (AvgIpc) is 2.13. The van der Waals surface area contributed by atoms with Crippen LogP contribution in [0.3, 0.4) is 0 Å². The van der Waals surface area contributed by atoms with Crippen LogP contribution in [0.2, 0.25) is 0 Å². The van der Waals surface area contributed by atoms with Gasteiger partial charge in [-0.05, 0) is 12.1 Å². The van der Waals surface area contributed by atoms with Crippen LogP contribution in [0.15, 0.2) is 24.3 Å². The Hall–Kier alpha value is -1.35. The number of β-amino-alcohol motifs (C(OH)–C–C–N with tert-alkyl or cyclic N) is 1. The van der Waals surface area contributed by atoms with E-state index < -0.39 is 0 Å². The van der Waals surface area contributed by atoms with E-state index in [1.165, 1.54) is 0 Å². The minimum atomic E-state index is -0.236. The van der Waals surface area contributed by atoms with Crippen LogP contribution >= 0.6 is 0 Å². The average molecular weight is 177 g/mol. The number of aldehydes is 1. The van der Waals surface area contributed by atoms with Gasteiger partial charge in [0.15, 0.2) is 6.29 Å². The highest BCUT2D eigenvalue weighted by molar-refractivity contribution is 5.84. The Balaban J connectivity index is 2.24. The molecule has 1 aromatic carbocycles. The van der Waals surface area contributed by atoms with Crippen molar-refractivity contribution in [3.8, 4) is 0 Å². The molecule has 2 rings (SSSR count). The molecule has 1 aliphatic rings. The van der Waals surface area contributed by atoms with Gasteiger partial charge in [0, 0.05) is 24.3 Å². The van der Waals surface area contributed by atoms with Crippen LogP contribution in [-0.4, -0.2) is 30.6 Å². The van der Waals surface area contributed by atoms with Crippen LogP contribution in [0.25, 0.3) is 0 Å². The summed E-state index contributed by atoms with van der Waals surface area (Å²) in [6.45, 7) is 1.26. The van der Waals surface area contributed by atoms with Crippen molar-refractivity contribution in [2.75, 3.05) is 18.0 Å². The number of benzene rings is 1. The first-order chi connectivity index (χ1) is 6.31. The molecule has 1 saturated heterocycles. The van der Waals surface area contributed by atoms with Gasteiger partial charge in [-0.15, -0.1) is 0 Å². The molecule has 0 amide bonds. The molecule has 0 radical (unpaired) electrons. The Morgan fingerprint density at radius 1 is 1.38 bits per heavy atom. The lowest BCUT2D eigenvalue weighted by atomic mass is 10.1. The maximum atomic E-state index is 10.7. The molecule has 0 unspecified atom stereocenters. The molecule has 3 nitrogen and oxygen atoms in total. The first-order valence-electron chi connectivity index (χ1n) is 4.28. The zero-order valence-electron chi connectivity index (χ0n) is 7.18. The maximum Gasteiger partial charge on any atom is 0.152 e. The monoisotopic (exact) mass is 177 g/mol. The Kier molecular flexibility index (Phi) is 2.02. The van der Waals surface area contributed by atoms with Gasteiger partial charge in [-0.3, -0.25) is 4.79 Å². The van der Waals surface area contributed by atoms with Gasteiger partial charge in [-0.25, -0.2) is 0 Å². The third-order valence-electron chi connectivity index (χ3n) is 2.27. The summed E-state index contributed by atoms with van der Waals surface area (Å²) in [6.07, 6.45) is 0.611. The van der Waals surface area contributed by atoms with Gasteiger partial charge in [0.1, 0.15) is 0 Å². The lowest BCUT2D eigenvalue weighted by Gasteiger charge is -2.38. The Labute approximate surface area is 76.6 Å². The molecular weight excluding hydrogens is 166 g/mol. The summed E-state index contributed by atoms with van der Waals surface area (Å²) in [6, 6.07) is 7.42. The number of aliphatic hydroxyl groups is 1. The van der Waals surface area contributed by atoms with Crippen LogP contribution in [0.1, 0.15) is 10.4 Å². The molecule has 13 heavy (non-hydrogen) atoms. The van der Waals surface area contributed by atoms with Crippen molar-refractivity contribution < 1.29 is 9.90 Å². The molecule has 0 atom stereocenters. The van der Waals surface area contributed by atoms with Crippen molar-refractivity contribution in [3.63, 3.8) is 0 Å². The third kappa shape index (κ3) is 1.42. The highest BCUT2D eigenvalue weighted by atomic mass is 16.3. The Bertz CT molecular complexity index is 318.